The maximum Gasteiger partial charge on any atom is 0.310 e. The first-order chi connectivity index (χ1) is 9.81. The van der Waals surface area contributed by atoms with E-state index in [0.29, 0.717) is 36.7 Å². The summed E-state index contributed by atoms with van der Waals surface area (Å²) in [5.74, 6) is 1.07. The summed E-state index contributed by atoms with van der Waals surface area (Å²) in [4.78, 5) is 16.0. The molecule has 5 nitrogen and oxygen atoms in total. The number of carboxylic acids is 1. The minimum absolute atomic E-state index is 0.145. The van der Waals surface area contributed by atoms with Crippen LogP contribution in [-0.4, -0.2) is 26.0 Å². The van der Waals surface area contributed by atoms with Gasteiger partial charge in [0.2, 0.25) is 5.89 Å². The lowest BCUT2D eigenvalue weighted by Crippen LogP contribution is -2.35. The lowest BCUT2D eigenvalue weighted by molar-refractivity contribution is -0.151. The van der Waals surface area contributed by atoms with Crippen LogP contribution in [0.1, 0.15) is 64.6 Å². The third-order valence-corrected chi connectivity index (χ3v) is 5.17. The van der Waals surface area contributed by atoms with E-state index in [1.54, 1.807) is 11.8 Å². The molecule has 6 heteroatoms. The van der Waals surface area contributed by atoms with Crippen LogP contribution in [0.4, 0.5) is 0 Å². The van der Waals surface area contributed by atoms with E-state index in [0.717, 1.165) is 19.3 Å². The standard InChI is InChI=1S/C15H24N2O3S/c1-14(2,3)21-10-11-16-12(20-17-11)9-15(13(18)19)7-5-4-6-8-15/h4-10H2,1-3H3,(H,18,19). The highest BCUT2D eigenvalue weighted by Crippen LogP contribution is 2.39. The third kappa shape index (κ3) is 4.46. The Morgan fingerprint density at radius 3 is 2.57 bits per heavy atom. The van der Waals surface area contributed by atoms with Gasteiger partial charge in [0.25, 0.3) is 0 Å². The van der Waals surface area contributed by atoms with E-state index in [2.05, 4.69) is 30.9 Å². The fourth-order valence-electron chi connectivity index (χ4n) is 2.69. The Morgan fingerprint density at radius 2 is 2.00 bits per heavy atom. The Bertz CT molecular complexity index is 487. The van der Waals surface area contributed by atoms with Crippen molar-refractivity contribution in [3.63, 3.8) is 0 Å². The van der Waals surface area contributed by atoms with E-state index in [9.17, 15) is 9.90 Å². The number of nitrogens with zero attached hydrogens (tertiary/aromatic N) is 2. The normalized spacial score (nSPS) is 18.6. The SMILES string of the molecule is CC(C)(C)SCc1noc(CC2(C(=O)O)CCCCC2)n1. The van der Waals surface area contributed by atoms with Crippen LogP contribution in [0.5, 0.6) is 0 Å². The molecule has 2 rings (SSSR count). The highest BCUT2D eigenvalue weighted by Gasteiger charge is 2.41. The van der Waals surface area contributed by atoms with Gasteiger partial charge in [-0.15, -0.1) is 11.8 Å². The van der Waals surface area contributed by atoms with E-state index < -0.39 is 11.4 Å². The summed E-state index contributed by atoms with van der Waals surface area (Å²) in [7, 11) is 0. The Labute approximate surface area is 129 Å². The van der Waals surface area contributed by atoms with Gasteiger partial charge in [-0.2, -0.15) is 4.98 Å². The zero-order valence-corrected chi connectivity index (χ0v) is 13.8. The van der Waals surface area contributed by atoms with Gasteiger partial charge in [0.05, 0.1) is 11.2 Å². The topological polar surface area (TPSA) is 76.2 Å². The van der Waals surface area contributed by atoms with E-state index in [4.69, 9.17) is 4.52 Å². The maximum atomic E-state index is 11.7. The molecular formula is C15H24N2O3S. The molecule has 0 atom stereocenters. The quantitative estimate of drug-likeness (QED) is 0.893. The largest absolute Gasteiger partial charge is 0.481 e. The number of aliphatic carboxylic acids is 1. The van der Waals surface area contributed by atoms with Crippen LogP contribution in [0.15, 0.2) is 4.52 Å². The second-order valence-electron chi connectivity index (χ2n) is 6.83. The predicted octanol–water partition coefficient (Wildman–Crippen LogP) is 3.68. The zero-order valence-electron chi connectivity index (χ0n) is 13.0. The minimum Gasteiger partial charge on any atom is -0.481 e. The molecule has 1 saturated carbocycles. The van der Waals surface area contributed by atoms with E-state index >= 15 is 0 Å². The molecule has 0 saturated heterocycles. The molecule has 0 amide bonds. The Kier molecular flexibility index (Phi) is 4.96. The smallest absolute Gasteiger partial charge is 0.310 e. The van der Waals surface area contributed by atoms with Crippen LogP contribution < -0.4 is 0 Å². The zero-order chi connectivity index (χ0) is 15.5. The molecule has 1 aromatic heterocycles. The molecule has 0 aromatic carbocycles. The van der Waals surface area contributed by atoms with Crippen molar-refractivity contribution in [2.24, 2.45) is 5.41 Å². The number of thioether (sulfide) groups is 1. The van der Waals surface area contributed by atoms with Crippen molar-refractivity contribution < 1.29 is 14.4 Å². The van der Waals surface area contributed by atoms with Crippen molar-refractivity contribution in [3.05, 3.63) is 11.7 Å². The van der Waals surface area contributed by atoms with Gasteiger partial charge in [0, 0.05) is 11.2 Å². The molecule has 1 fully saturated rings. The summed E-state index contributed by atoms with van der Waals surface area (Å²) in [6, 6.07) is 0. The first-order valence-electron chi connectivity index (χ1n) is 7.50. The first kappa shape index (κ1) is 16.3. The fourth-order valence-corrected chi connectivity index (χ4v) is 3.37. The summed E-state index contributed by atoms with van der Waals surface area (Å²) in [5, 5.41) is 13.5. The van der Waals surface area contributed by atoms with Crippen LogP contribution in [0.2, 0.25) is 0 Å². The van der Waals surface area contributed by atoms with Crippen LogP contribution in [0.3, 0.4) is 0 Å². The second-order valence-corrected chi connectivity index (χ2v) is 8.63. The average Bonchev–Trinajstić information content (AvgIpc) is 2.84. The van der Waals surface area contributed by atoms with Crippen molar-refractivity contribution >= 4 is 17.7 Å². The Hall–Kier alpha value is -1.04. The van der Waals surface area contributed by atoms with Crippen LogP contribution in [-0.2, 0) is 17.0 Å². The van der Waals surface area contributed by atoms with Gasteiger partial charge < -0.3 is 9.63 Å². The molecule has 21 heavy (non-hydrogen) atoms. The highest BCUT2D eigenvalue weighted by atomic mass is 32.2. The molecule has 0 radical (unpaired) electrons. The first-order valence-corrected chi connectivity index (χ1v) is 8.48. The van der Waals surface area contributed by atoms with Crippen LogP contribution in [0, 0.1) is 5.41 Å². The van der Waals surface area contributed by atoms with Gasteiger partial charge in [0.15, 0.2) is 5.82 Å². The summed E-state index contributed by atoms with van der Waals surface area (Å²) in [6.07, 6.45) is 4.82. The number of carbonyl (C=O) groups is 1. The number of carboxylic acid groups (broad SMARTS) is 1. The van der Waals surface area contributed by atoms with Crippen molar-refractivity contribution in [2.45, 2.75) is 69.8 Å². The number of hydrogen-bond donors (Lipinski definition) is 1. The van der Waals surface area contributed by atoms with Gasteiger partial charge >= 0.3 is 5.97 Å². The molecule has 0 spiro atoms. The van der Waals surface area contributed by atoms with Gasteiger partial charge in [-0.25, -0.2) is 0 Å². The molecule has 0 unspecified atom stereocenters. The second kappa shape index (κ2) is 6.38. The molecule has 1 N–H and O–H groups in total. The fraction of sp³-hybridized carbons (Fsp3) is 0.800. The van der Waals surface area contributed by atoms with Gasteiger partial charge in [-0.05, 0) is 12.8 Å². The molecule has 1 aromatic rings. The summed E-state index contributed by atoms with van der Waals surface area (Å²) < 4.78 is 5.42. The molecule has 0 aliphatic heterocycles. The average molecular weight is 312 g/mol. The predicted molar refractivity (Wildman–Crippen MR) is 82.2 cm³/mol. The van der Waals surface area contributed by atoms with Crippen molar-refractivity contribution in [3.8, 4) is 0 Å². The summed E-state index contributed by atoms with van der Waals surface area (Å²) in [6.45, 7) is 6.42. The molecule has 1 aliphatic carbocycles. The van der Waals surface area contributed by atoms with Crippen molar-refractivity contribution in [1.82, 2.24) is 10.1 Å². The van der Waals surface area contributed by atoms with Gasteiger partial charge in [0.1, 0.15) is 0 Å². The summed E-state index contributed by atoms with van der Waals surface area (Å²) in [5.41, 5.74) is -0.709. The van der Waals surface area contributed by atoms with Crippen LogP contribution in [0.25, 0.3) is 0 Å². The Balaban J connectivity index is 2.02. The number of hydrogen-bond acceptors (Lipinski definition) is 5. The number of rotatable bonds is 5. The summed E-state index contributed by atoms with van der Waals surface area (Å²) >= 11 is 1.75. The molecule has 0 bridgehead atoms. The highest BCUT2D eigenvalue weighted by molar-refractivity contribution is 7.99. The van der Waals surface area contributed by atoms with Crippen molar-refractivity contribution in [1.29, 1.82) is 0 Å². The van der Waals surface area contributed by atoms with E-state index in [1.807, 2.05) is 0 Å². The monoisotopic (exact) mass is 312 g/mol. The van der Waals surface area contributed by atoms with Crippen molar-refractivity contribution in [2.75, 3.05) is 0 Å². The van der Waals surface area contributed by atoms with E-state index in [1.165, 1.54) is 0 Å². The van der Waals surface area contributed by atoms with Gasteiger partial charge in [-0.1, -0.05) is 45.2 Å². The molecule has 1 heterocycles. The number of aromatic nitrogens is 2. The molecule has 118 valence electrons. The molecule has 1 aliphatic rings. The maximum absolute atomic E-state index is 11.7. The molecular weight excluding hydrogens is 288 g/mol. The van der Waals surface area contributed by atoms with E-state index in [-0.39, 0.29) is 4.75 Å². The van der Waals surface area contributed by atoms with Gasteiger partial charge in [-0.3, -0.25) is 4.79 Å². The lowest BCUT2D eigenvalue weighted by atomic mass is 9.72. The lowest BCUT2D eigenvalue weighted by Gasteiger charge is -2.31. The van der Waals surface area contributed by atoms with Crippen LogP contribution >= 0.6 is 11.8 Å². The minimum atomic E-state index is -0.731. The Morgan fingerprint density at radius 1 is 1.33 bits per heavy atom. The third-order valence-electron chi connectivity index (χ3n) is 3.90.